The summed E-state index contributed by atoms with van der Waals surface area (Å²) in [7, 11) is 0. The smallest absolute Gasteiger partial charge is 0.239 e. The fourth-order valence-electron chi connectivity index (χ4n) is 3.89. The fourth-order valence-corrected chi connectivity index (χ4v) is 3.89. The van der Waals surface area contributed by atoms with Crippen molar-refractivity contribution >= 4 is 11.6 Å². The van der Waals surface area contributed by atoms with Crippen LogP contribution in [0.3, 0.4) is 0 Å². The Hall–Kier alpha value is -1.62. The number of hydrogen-bond donors (Lipinski definition) is 0. The molecule has 0 radical (unpaired) electrons. The van der Waals surface area contributed by atoms with Gasteiger partial charge in [-0.3, -0.25) is 14.7 Å². The minimum absolute atomic E-state index is 0.0253. The molecule has 1 amide bonds. The Kier molecular flexibility index (Phi) is 5.72. The molecule has 0 aromatic carbocycles. The van der Waals surface area contributed by atoms with Gasteiger partial charge in [-0.1, -0.05) is 12.8 Å². The van der Waals surface area contributed by atoms with Crippen LogP contribution in [0.2, 0.25) is 0 Å². The molecule has 3 rings (SSSR count). The Bertz CT molecular complexity index is 546. The molecule has 24 heavy (non-hydrogen) atoms. The number of anilines is 1. The molecule has 5 heteroatoms. The number of nitrogens with zero attached hydrogens (tertiary/aromatic N) is 4. The molecule has 0 spiro atoms. The molecule has 132 valence electrons. The maximum atomic E-state index is 12.9. The molecule has 2 aliphatic rings. The van der Waals surface area contributed by atoms with Gasteiger partial charge < -0.3 is 9.80 Å². The summed E-state index contributed by atoms with van der Waals surface area (Å²) < 4.78 is 0. The van der Waals surface area contributed by atoms with Crippen LogP contribution in [0, 0.1) is 6.92 Å². The summed E-state index contributed by atoms with van der Waals surface area (Å²) >= 11 is 0. The number of likely N-dealkylation sites (tertiary alicyclic amines) is 1. The van der Waals surface area contributed by atoms with E-state index in [9.17, 15) is 4.79 Å². The summed E-state index contributed by atoms with van der Waals surface area (Å²) in [5, 5.41) is 0. The molecule has 2 aliphatic heterocycles. The van der Waals surface area contributed by atoms with Crippen LogP contribution in [-0.4, -0.2) is 66.0 Å². The SMILES string of the molecule is Cc1cnccc1N1CCN(C(=O)[C@@H](C)N2CCCCCC2)CC1. The number of carbonyl (C=O) groups excluding carboxylic acids is 1. The van der Waals surface area contributed by atoms with Crippen LogP contribution in [0.4, 0.5) is 5.69 Å². The van der Waals surface area contributed by atoms with E-state index in [0.717, 1.165) is 39.3 Å². The summed E-state index contributed by atoms with van der Waals surface area (Å²) in [5.41, 5.74) is 2.45. The van der Waals surface area contributed by atoms with Crippen LogP contribution in [0.5, 0.6) is 0 Å². The van der Waals surface area contributed by atoms with Crippen molar-refractivity contribution in [3.05, 3.63) is 24.0 Å². The zero-order chi connectivity index (χ0) is 16.9. The molecule has 0 saturated carbocycles. The van der Waals surface area contributed by atoms with E-state index in [4.69, 9.17) is 0 Å². The number of piperazine rings is 1. The van der Waals surface area contributed by atoms with Gasteiger partial charge in [-0.15, -0.1) is 0 Å². The van der Waals surface area contributed by atoms with E-state index in [1.54, 1.807) is 0 Å². The maximum Gasteiger partial charge on any atom is 0.239 e. The number of amides is 1. The molecule has 0 bridgehead atoms. The molecule has 0 N–H and O–H groups in total. The Morgan fingerprint density at radius 3 is 2.33 bits per heavy atom. The van der Waals surface area contributed by atoms with E-state index in [0.29, 0.717) is 5.91 Å². The van der Waals surface area contributed by atoms with Crippen molar-refractivity contribution in [2.24, 2.45) is 0 Å². The van der Waals surface area contributed by atoms with Crippen LogP contribution < -0.4 is 4.90 Å². The van der Waals surface area contributed by atoms with Crippen LogP contribution >= 0.6 is 0 Å². The lowest BCUT2D eigenvalue weighted by atomic mass is 10.1. The van der Waals surface area contributed by atoms with Crippen molar-refractivity contribution in [2.45, 2.75) is 45.6 Å². The fraction of sp³-hybridized carbons (Fsp3) is 0.684. The predicted molar refractivity (Wildman–Crippen MR) is 97.3 cm³/mol. The summed E-state index contributed by atoms with van der Waals surface area (Å²) in [4.78, 5) is 23.9. The van der Waals surface area contributed by atoms with Gasteiger partial charge in [0.25, 0.3) is 0 Å². The molecular formula is C19H30N4O. The topological polar surface area (TPSA) is 39.7 Å². The summed E-state index contributed by atoms with van der Waals surface area (Å²) in [6.45, 7) is 9.78. The molecule has 1 atom stereocenters. The minimum Gasteiger partial charge on any atom is -0.368 e. The number of aryl methyl sites for hydroxylation is 1. The molecule has 1 aromatic rings. The molecule has 2 saturated heterocycles. The summed E-state index contributed by atoms with van der Waals surface area (Å²) in [6.07, 6.45) is 8.83. The van der Waals surface area contributed by atoms with Gasteiger partial charge in [0.2, 0.25) is 5.91 Å². The Balaban J connectivity index is 1.55. The zero-order valence-electron chi connectivity index (χ0n) is 15.1. The van der Waals surface area contributed by atoms with Gasteiger partial charge in [-0.25, -0.2) is 0 Å². The van der Waals surface area contributed by atoms with Crippen LogP contribution in [0.25, 0.3) is 0 Å². The minimum atomic E-state index is 0.0253. The first-order valence-electron chi connectivity index (χ1n) is 9.35. The number of aromatic nitrogens is 1. The second-order valence-corrected chi connectivity index (χ2v) is 7.10. The summed E-state index contributed by atoms with van der Waals surface area (Å²) in [6, 6.07) is 2.10. The van der Waals surface area contributed by atoms with E-state index >= 15 is 0 Å². The van der Waals surface area contributed by atoms with Crippen molar-refractivity contribution in [3.8, 4) is 0 Å². The van der Waals surface area contributed by atoms with E-state index < -0.39 is 0 Å². The lowest BCUT2D eigenvalue weighted by Crippen LogP contribution is -2.54. The Morgan fingerprint density at radius 2 is 1.71 bits per heavy atom. The van der Waals surface area contributed by atoms with Crippen molar-refractivity contribution in [1.29, 1.82) is 0 Å². The largest absolute Gasteiger partial charge is 0.368 e. The first kappa shape index (κ1) is 17.2. The van der Waals surface area contributed by atoms with Gasteiger partial charge in [-0.2, -0.15) is 0 Å². The van der Waals surface area contributed by atoms with Gasteiger partial charge in [0.05, 0.1) is 6.04 Å². The third-order valence-electron chi connectivity index (χ3n) is 5.47. The molecule has 2 fully saturated rings. The van der Waals surface area contributed by atoms with Crippen molar-refractivity contribution in [2.75, 3.05) is 44.2 Å². The van der Waals surface area contributed by atoms with Crippen LogP contribution in [0.1, 0.15) is 38.2 Å². The molecule has 3 heterocycles. The summed E-state index contributed by atoms with van der Waals surface area (Å²) in [5.74, 6) is 0.308. The second kappa shape index (κ2) is 7.97. The number of rotatable bonds is 3. The highest BCUT2D eigenvalue weighted by Crippen LogP contribution is 2.21. The van der Waals surface area contributed by atoms with Crippen molar-refractivity contribution in [1.82, 2.24) is 14.8 Å². The predicted octanol–water partition coefficient (Wildman–Crippen LogP) is 2.30. The molecular weight excluding hydrogens is 300 g/mol. The third-order valence-corrected chi connectivity index (χ3v) is 5.47. The highest BCUT2D eigenvalue weighted by molar-refractivity contribution is 5.81. The van der Waals surface area contributed by atoms with Crippen LogP contribution in [0.15, 0.2) is 18.5 Å². The number of hydrogen-bond acceptors (Lipinski definition) is 4. The second-order valence-electron chi connectivity index (χ2n) is 7.10. The quantitative estimate of drug-likeness (QED) is 0.853. The molecule has 0 unspecified atom stereocenters. The average Bonchev–Trinajstić information content (AvgIpc) is 2.90. The Morgan fingerprint density at radius 1 is 1.04 bits per heavy atom. The monoisotopic (exact) mass is 330 g/mol. The van der Waals surface area contributed by atoms with E-state index in [-0.39, 0.29) is 6.04 Å². The van der Waals surface area contributed by atoms with Crippen LogP contribution in [-0.2, 0) is 4.79 Å². The third kappa shape index (κ3) is 3.89. The molecule has 1 aromatic heterocycles. The van der Waals surface area contributed by atoms with Gasteiger partial charge in [0.1, 0.15) is 0 Å². The Labute approximate surface area is 145 Å². The lowest BCUT2D eigenvalue weighted by Gasteiger charge is -2.39. The van der Waals surface area contributed by atoms with Gasteiger partial charge in [-0.05, 0) is 51.4 Å². The van der Waals surface area contributed by atoms with Crippen molar-refractivity contribution < 1.29 is 4.79 Å². The molecule has 5 nitrogen and oxygen atoms in total. The molecule has 0 aliphatic carbocycles. The van der Waals surface area contributed by atoms with Gasteiger partial charge in [0.15, 0.2) is 0 Å². The van der Waals surface area contributed by atoms with E-state index in [1.807, 2.05) is 12.4 Å². The van der Waals surface area contributed by atoms with E-state index in [1.165, 1.54) is 36.9 Å². The highest BCUT2D eigenvalue weighted by atomic mass is 16.2. The highest BCUT2D eigenvalue weighted by Gasteiger charge is 2.29. The average molecular weight is 330 g/mol. The first-order valence-corrected chi connectivity index (χ1v) is 9.35. The van der Waals surface area contributed by atoms with E-state index in [2.05, 4.69) is 39.6 Å². The normalized spacial score (nSPS) is 21.4. The maximum absolute atomic E-state index is 12.9. The first-order chi connectivity index (χ1) is 11.7. The number of pyridine rings is 1. The zero-order valence-corrected chi connectivity index (χ0v) is 15.1. The standard InChI is InChI=1S/C19H30N4O/c1-16-15-20-8-7-18(16)22-11-13-23(14-12-22)19(24)17(2)21-9-5-3-4-6-10-21/h7-8,15,17H,3-6,9-14H2,1-2H3/t17-/m1/s1. The number of carbonyl (C=O) groups is 1. The van der Waals surface area contributed by atoms with Gasteiger partial charge >= 0.3 is 0 Å². The van der Waals surface area contributed by atoms with Gasteiger partial charge in [0, 0.05) is 44.3 Å². The lowest BCUT2D eigenvalue weighted by molar-refractivity contribution is -0.136. The van der Waals surface area contributed by atoms with Crippen molar-refractivity contribution in [3.63, 3.8) is 0 Å².